The minimum Gasteiger partial charge on any atom is -0.496 e. The summed E-state index contributed by atoms with van der Waals surface area (Å²) in [4.78, 5) is 0. The van der Waals surface area contributed by atoms with E-state index in [0.717, 1.165) is 38.0 Å². The predicted octanol–water partition coefficient (Wildman–Crippen LogP) is 2.27. The lowest BCUT2D eigenvalue weighted by Gasteiger charge is -2.30. The second-order valence-corrected chi connectivity index (χ2v) is 5.39. The maximum Gasteiger partial charge on any atom is 0.122 e. The topological polar surface area (TPSA) is 47.3 Å². The average Bonchev–Trinajstić information content (AvgIpc) is 2.46. The number of fused-ring (bicyclic) bond motifs is 1. The maximum absolute atomic E-state index is 5.67. The molecule has 2 rings (SSSR count). The quantitative estimate of drug-likeness (QED) is 0.827. The number of nitrogens with one attached hydrogen (secondary N) is 1. The normalized spacial score (nSPS) is 19.8. The predicted molar refractivity (Wildman–Crippen MR) is 79.7 cm³/mol. The van der Waals surface area contributed by atoms with Crippen LogP contribution >= 0.6 is 0 Å². The first-order valence-electron chi connectivity index (χ1n) is 7.39. The van der Waals surface area contributed by atoms with Gasteiger partial charge in [0.05, 0.1) is 7.11 Å². The van der Waals surface area contributed by atoms with E-state index in [1.807, 2.05) is 0 Å². The molecule has 0 saturated carbocycles. The fraction of sp³-hybridized carbons (Fsp3) is 0.625. The molecular formula is C16H26N2O. The van der Waals surface area contributed by atoms with Gasteiger partial charge in [-0.1, -0.05) is 19.1 Å². The zero-order chi connectivity index (χ0) is 13.7. The third-order valence-electron chi connectivity index (χ3n) is 4.14. The van der Waals surface area contributed by atoms with E-state index in [1.165, 1.54) is 17.5 Å². The van der Waals surface area contributed by atoms with E-state index < -0.39 is 0 Å². The molecule has 1 aliphatic carbocycles. The van der Waals surface area contributed by atoms with Crippen molar-refractivity contribution in [2.45, 2.75) is 51.1 Å². The smallest absolute Gasteiger partial charge is 0.122 e. The van der Waals surface area contributed by atoms with Crippen LogP contribution in [0.25, 0.3) is 0 Å². The van der Waals surface area contributed by atoms with Crippen molar-refractivity contribution in [1.82, 2.24) is 5.32 Å². The van der Waals surface area contributed by atoms with E-state index in [1.54, 1.807) is 7.11 Å². The zero-order valence-electron chi connectivity index (χ0n) is 12.1. The molecule has 0 heterocycles. The number of benzene rings is 1. The fourth-order valence-corrected chi connectivity index (χ4v) is 3.03. The summed E-state index contributed by atoms with van der Waals surface area (Å²) in [6.45, 7) is 2.99. The van der Waals surface area contributed by atoms with Gasteiger partial charge in [0.25, 0.3) is 0 Å². The molecule has 3 heteroatoms. The van der Waals surface area contributed by atoms with E-state index in [-0.39, 0.29) is 0 Å². The van der Waals surface area contributed by atoms with E-state index in [2.05, 4.69) is 30.4 Å². The lowest BCUT2D eigenvalue weighted by Crippen LogP contribution is -2.42. The summed E-state index contributed by atoms with van der Waals surface area (Å²) >= 11 is 0. The molecular weight excluding hydrogens is 236 g/mol. The standard InChI is InChI=1S/C16H26N2O/c1-3-13(9-10-17)18-14-8-7-12-5-4-6-16(19-2)15(12)11-14/h4-6,13-14,18H,3,7-11,17H2,1-2H3. The summed E-state index contributed by atoms with van der Waals surface area (Å²) in [5, 5.41) is 3.76. The number of rotatable bonds is 6. The number of methoxy groups -OCH3 is 1. The Morgan fingerprint density at radius 1 is 1.47 bits per heavy atom. The molecule has 106 valence electrons. The van der Waals surface area contributed by atoms with Gasteiger partial charge in [-0.05, 0) is 55.8 Å². The molecule has 3 nitrogen and oxygen atoms in total. The summed E-state index contributed by atoms with van der Waals surface area (Å²) in [5.41, 5.74) is 8.51. The van der Waals surface area contributed by atoms with E-state index in [0.29, 0.717) is 12.1 Å². The van der Waals surface area contributed by atoms with Crippen molar-refractivity contribution in [3.05, 3.63) is 29.3 Å². The van der Waals surface area contributed by atoms with Crippen molar-refractivity contribution in [3.63, 3.8) is 0 Å². The highest BCUT2D eigenvalue weighted by atomic mass is 16.5. The average molecular weight is 262 g/mol. The molecule has 0 fully saturated rings. The minimum atomic E-state index is 0.547. The van der Waals surface area contributed by atoms with E-state index >= 15 is 0 Å². The van der Waals surface area contributed by atoms with Crippen LogP contribution in [0, 0.1) is 0 Å². The van der Waals surface area contributed by atoms with Crippen LogP contribution in [-0.2, 0) is 12.8 Å². The highest BCUT2D eigenvalue weighted by Gasteiger charge is 2.22. The van der Waals surface area contributed by atoms with Crippen molar-refractivity contribution in [2.75, 3.05) is 13.7 Å². The third kappa shape index (κ3) is 3.48. The molecule has 0 saturated heterocycles. The Kier molecular flexibility index (Phi) is 5.23. The number of nitrogens with two attached hydrogens (primary N) is 1. The maximum atomic E-state index is 5.67. The molecule has 0 bridgehead atoms. The largest absolute Gasteiger partial charge is 0.496 e. The first-order chi connectivity index (χ1) is 9.28. The highest BCUT2D eigenvalue weighted by Crippen LogP contribution is 2.29. The number of hydrogen-bond acceptors (Lipinski definition) is 3. The van der Waals surface area contributed by atoms with Crippen LogP contribution in [0.3, 0.4) is 0 Å². The first-order valence-corrected chi connectivity index (χ1v) is 7.39. The number of hydrogen-bond donors (Lipinski definition) is 2. The Morgan fingerprint density at radius 3 is 3.00 bits per heavy atom. The Hall–Kier alpha value is -1.06. The summed E-state index contributed by atoms with van der Waals surface area (Å²) in [5.74, 6) is 1.04. The van der Waals surface area contributed by atoms with Gasteiger partial charge in [-0.3, -0.25) is 0 Å². The van der Waals surface area contributed by atoms with E-state index in [9.17, 15) is 0 Å². The van der Waals surface area contributed by atoms with Crippen molar-refractivity contribution in [3.8, 4) is 5.75 Å². The van der Waals surface area contributed by atoms with Crippen molar-refractivity contribution >= 4 is 0 Å². The van der Waals surface area contributed by atoms with E-state index in [4.69, 9.17) is 10.5 Å². The molecule has 1 aromatic rings. The molecule has 1 aliphatic rings. The zero-order valence-corrected chi connectivity index (χ0v) is 12.1. The monoisotopic (exact) mass is 262 g/mol. The number of ether oxygens (including phenoxy) is 1. The summed E-state index contributed by atoms with van der Waals surface area (Å²) < 4.78 is 5.49. The van der Waals surface area contributed by atoms with Gasteiger partial charge in [0.1, 0.15) is 5.75 Å². The molecule has 0 radical (unpaired) electrons. The molecule has 0 spiro atoms. The molecule has 0 amide bonds. The third-order valence-corrected chi connectivity index (χ3v) is 4.14. The Morgan fingerprint density at radius 2 is 2.32 bits per heavy atom. The second kappa shape index (κ2) is 6.92. The van der Waals surface area contributed by atoms with Crippen LogP contribution in [0.5, 0.6) is 5.75 Å². The molecule has 19 heavy (non-hydrogen) atoms. The van der Waals surface area contributed by atoms with Gasteiger partial charge in [-0.2, -0.15) is 0 Å². The fourth-order valence-electron chi connectivity index (χ4n) is 3.03. The lowest BCUT2D eigenvalue weighted by molar-refractivity contribution is 0.360. The molecule has 0 aliphatic heterocycles. The van der Waals surface area contributed by atoms with Crippen LogP contribution in [0.1, 0.15) is 37.3 Å². The molecule has 1 aromatic carbocycles. The van der Waals surface area contributed by atoms with Crippen LogP contribution in [-0.4, -0.2) is 25.7 Å². The van der Waals surface area contributed by atoms with Crippen LogP contribution < -0.4 is 15.8 Å². The van der Waals surface area contributed by atoms with Crippen LogP contribution in [0.15, 0.2) is 18.2 Å². The lowest BCUT2D eigenvalue weighted by atomic mass is 9.87. The SMILES string of the molecule is CCC(CCN)NC1CCc2cccc(OC)c2C1. The van der Waals surface area contributed by atoms with Crippen LogP contribution in [0.4, 0.5) is 0 Å². The minimum absolute atomic E-state index is 0.547. The van der Waals surface area contributed by atoms with Gasteiger partial charge < -0.3 is 15.8 Å². The Bertz CT molecular complexity index is 391. The molecule has 2 unspecified atom stereocenters. The van der Waals surface area contributed by atoms with Gasteiger partial charge in [0.15, 0.2) is 0 Å². The Labute approximate surface area is 116 Å². The summed E-state index contributed by atoms with van der Waals surface area (Å²) in [6.07, 6.45) is 5.63. The summed E-state index contributed by atoms with van der Waals surface area (Å²) in [6, 6.07) is 7.49. The van der Waals surface area contributed by atoms with Crippen molar-refractivity contribution < 1.29 is 4.74 Å². The van der Waals surface area contributed by atoms with Gasteiger partial charge in [-0.25, -0.2) is 0 Å². The van der Waals surface area contributed by atoms with Gasteiger partial charge in [0, 0.05) is 12.1 Å². The molecule has 2 atom stereocenters. The Balaban J connectivity index is 2.04. The van der Waals surface area contributed by atoms with Gasteiger partial charge in [-0.15, -0.1) is 0 Å². The van der Waals surface area contributed by atoms with Gasteiger partial charge in [0.2, 0.25) is 0 Å². The number of aryl methyl sites for hydroxylation is 1. The van der Waals surface area contributed by atoms with Gasteiger partial charge >= 0.3 is 0 Å². The molecule has 0 aromatic heterocycles. The molecule has 3 N–H and O–H groups in total. The second-order valence-electron chi connectivity index (χ2n) is 5.39. The summed E-state index contributed by atoms with van der Waals surface area (Å²) in [7, 11) is 1.76. The van der Waals surface area contributed by atoms with Crippen molar-refractivity contribution in [2.24, 2.45) is 5.73 Å². The highest BCUT2D eigenvalue weighted by molar-refractivity contribution is 5.42. The first kappa shape index (κ1) is 14.4. The van der Waals surface area contributed by atoms with Crippen LogP contribution in [0.2, 0.25) is 0 Å². The van der Waals surface area contributed by atoms with Crippen molar-refractivity contribution in [1.29, 1.82) is 0 Å².